The fraction of sp³-hybridized carbons (Fsp3) is 0.455. The minimum Gasteiger partial charge on any atom is -0.466 e. The Morgan fingerprint density at radius 2 is 2.38 bits per heavy atom. The van der Waals surface area contributed by atoms with Crippen LogP contribution in [0.2, 0.25) is 0 Å². The van der Waals surface area contributed by atoms with E-state index in [-0.39, 0.29) is 17.6 Å². The molecule has 1 aromatic rings. The molecule has 0 aliphatic rings. The van der Waals surface area contributed by atoms with Crippen molar-refractivity contribution in [3.63, 3.8) is 0 Å². The molecular formula is C11H15FN2O2. The largest absolute Gasteiger partial charge is 0.466 e. The van der Waals surface area contributed by atoms with Crippen molar-refractivity contribution in [1.82, 2.24) is 4.98 Å². The first-order valence-electron chi connectivity index (χ1n) is 5.11. The number of halogens is 1. The second-order valence-corrected chi connectivity index (χ2v) is 3.55. The summed E-state index contributed by atoms with van der Waals surface area (Å²) < 4.78 is 17.6. The van der Waals surface area contributed by atoms with Crippen molar-refractivity contribution in [3.05, 3.63) is 23.8 Å². The lowest BCUT2D eigenvalue weighted by Gasteiger charge is -2.11. The van der Waals surface area contributed by atoms with E-state index in [0.717, 1.165) is 6.20 Å². The lowest BCUT2D eigenvalue weighted by molar-refractivity contribution is -0.147. The lowest BCUT2D eigenvalue weighted by atomic mass is 10.0. The Hall–Kier alpha value is -1.65. The molecule has 0 amide bonds. The van der Waals surface area contributed by atoms with Crippen LogP contribution in [0.4, 0.5) is 10.1 Å². The van der Waals surface area contributed by atoms with Gasteiger partial charge in [-0.25, -0.2) is 4.39 Å². The standard InChI is InChI=1S/C11H15FN2O2/c1-3-16-11(15)7(2)4-10-9(13)5-8(12)6-14-10/h5-7H,3-4,13H2,1-2H3. The summed E-state index contributed by atoms with van der Waals surface area (Å²) in [7, 11) is 0. The van der Waals surface area contributed by atoms with E-state index in [9.17, 15) is 9.18 Å². The molecule has 0 radical (unpaired) electrons. The van der Waals surface area contributed by atoms with Gasteiger partial charge in [0.25, 0.3) is 0 Å². The number of nitrogens with zero attached hydrogens (tertiary/aromatic N) is 1. The molecule has 1 aromatic heterocycles. The Labute approximate surface area is 93.6 Å². The van der Waals surface area contributed by atoms with E-state index in [0.29, 0.717) is 18.7 Å². The zero-order chi connectivity index (χ0) is 12.1. The summed E-state index contributed by atoms with van der Waals surface area (Å²) in [6.45, 7) is 3.81. The van der Waals surface area contributed by atoms with Crippen LogP contribution in [0.25, 0.3) is 0 Å². The van der Waals surface area contributed by atoms with Gasteiger partial charge in [-0.3, -0.25) is 9.78 Å². The highest BCUT2D eigenvalue weighted by atomic mass is 19.1. The number of nitrogens with two attached hydrogens (primary N) is 1. The molecule has 0 saturated heterocycles. The predicted molar refractivity (Wildman–Crippen MR) is 58.1 cm³/mol. The SMILES string of the molecule is CCOC(=O)C(C)Cc1ncc(F)cc1N. The number of aromatic nitrogens is 1. The minimum absolute atomic E-state index is 0.260. The highest BCUT2D eigenvalue weighted by Crippen LogP contribution is 2.15. The second-order valence-electron chi connectivity index (χ2n) is 3.55. The number of rotatable bonds is 4. The average molecular weight is 226 g/mol. The normalized spacial score (nSPS) is 12.2. The first-order valence-corrected chi connectivity index (χ1v) is 5.11. The Morgan fingerprint density at radius 1 is 1.69 bits per heavy atom. The molecule has 0 aromatic carbocycles. The third kappa shape index (κ3) is 3.18. The van der Waals surface area contributed by atoms with Crippen LogP contribution in [0.1, 0.15) is 19.5 Å². The van der Waals surface area contributed by atoms with E-state index in [2.05, 4.69) is 4.98 Å². The monoisotopic (exact) mass is 226 g/mol. The van der Waals surface area contributed by atoms with Crippen LogP contribution in [0.3, 0.4) is 0 Å². The number of ether oxygens (including phenoxy) is 1. The van der Waals surface area contributed by atoms with Crippen molar-refractivity contribution in [2.75, 3.05) is 12.3 Å². The molecule has 16 heavy (non-hydrogen) atoms. The molecule has 1 heterocycles. The van der Waals surface area contributed by atoms with Gasteiger partial charge in [-0.1, -0.05) is 6.92 Å². The summed E-state index contributed by atoms with van der Waals surface area (Å²) >= 11 is 0. The fourth-order valence-electron chi connectivity index (χ4n) is 1.31. The summed E-state index contributed by atoms with van der Waals surface area (Å²) in [4.78, 5) is 15.2. The van der Waals surface area contributed by atoms with Crippen molar-refractivity contribution in [2.24, 2.45) is 5.92 Å². The van der Waals surface area contributed by atoms with Crippen LogP contribution in [0, 0.1) is 11.7 Å². The number of carbonyl (C=O) groups excluding carboxylic acids is 1. The van der Waals surface area contributed by atoms with Gasteiger partial charge in [-0.15, -0.1) is 0 Å². The predicted octanol–water partition coefficient (Wildman–Crippen LogP) is 1.54. The quantitative estimate of drug-likeness (QED) is 0.791. The van der Waals surface area contributed by atoms with Crippen molar-refractivity contribution in [3.8, 4) is 0 Å². The highest BCUT2D eigenvalue weighted by molar-refractivity contribution is 5.72. The van der Waals surface area contributed by atoms with E-state index in [4.69, 9.17) is 10.5 Å². The summed E-state index contributed by atoms with van der Waals surface area (Å²) in [6.07, 6.45) is 1.44. The van der Waals surface area contributed by atoms with Crippen molar-refractivity contribution >= 4 is 11.7 Å². The Balaban J connectivity index is 2.69. The summed E-state index contributed by atoms with van der Waals surface area (Å²) in [5, 5.41) is 0. The molecule has 0 aliphatic carbocycles. The molecule has 1 rings (SSSR count). The van der Waals surface area contributed by atoms with Crippen molar-refractivity contribution in [2.45, 2.75) is 20.3 Å². The molecule has 4 nitrogen and oxygen atoms in total. The number of nitrogen functional groups attached to an aromatic ring is 1. The lowest BCUT2D eigenvalue weighted by Crippen LogP contribution is -2.18. The molecule has 0 saturated carbocycles. The van der Waals surface area contributed by atoms with E-state index in [1.807, 2.05) is 0 Å². The maximum Gasteiger partial charge on any atom is 0.309 e. The third-order valence-corrected chi connectivity index (χ3v) is 2.16. The van der Waals surface area contributed by atoms with Crippen LogP contribution in [-0.2, 0) is 16.0 Å². The van der Waals surface area contributed by atoms with Crippen molar-refractivity contribution in [1.29, 1.82) is 0 Å². The van der Waals surface area contributed by atoms with Gasteiger partial charge in [0, 0.05) is 12.5 Å². The van der Waals surface area contributed by atoms with Gasteiger partial charge in [-0.05, 0) is 6.92 Å². The Kier molecular flexibility index (Phi) is 4.22. The van der Waals surface area contributed by atoms with E-state index >= 15 is 0 Å². The number of anilines is 1. The smallest absolute Gasteiger partial charge is 0.309 e. The van der Waals surface area contributed by atoms with Gasteiger partial charge >= 0.3 is 5.97 Å². The van der Waals surface area contributed by atoms with E-state index in [1.54, 1.807) is 13.8 Å². The molecule has 2 N–H and O–H groups in total. The molecule has 88 valence electrons. The first kappa shape index (κ1) is 12.4. The number of pyridine rings is 1. The van der Waals surface area contributed by atoms with E-state index in [1.165, 1.54) is 6.07 Å². The molecule has 0 fully saturated rings. The first-order chi connectivity index (χ1) is 7.54. The highest BCUT2D eigenvalue weighted by Gasteiger charge is 2.16. The van der Waals surface area contributed by atoms with Gasteiger partial charge in [-0.2, -0.15) is 0 Å². The summed E-state index contributed by atoms with van der Waals surface area (Å²) in [5.41, 5.74) is 6.37. The van der Waals surface area contributed by atoms with Crippen LogP contribution in [-0.4, -0.2) is 17.6 Å². The van der Waals surface area contributed by atoms with Crippen LogP contribution in [0.15, 0.2) is 12.3 Å². The Morgan fingerprint density at radius 3 is 2.94 bits per heavy atom. The third-order valence-electron chi connectivity index (χ3n) is 2.16. The van der Waals surface area contributed by atoms with Gasteiger partial charge in [0.05, 0.1) is 30.1 Å². The average Bonchev–Trinajstić information content (AvgIpc) is 2.22. The van der Waals surface area contributed by atoms with Gasteiger partial charge in [0.15, 0.2) is 0 Å². The topological polar surface area (TPSA) is 65.2 Å². The molecule has 0 bridgehead atoms. The summed E-state index contributed by atoms with van der Waals surface area (Å²) in [6, 6.07) is 1.19. The Bertz CT molecular complexity index is 382. The maximum atomic E-state index is 12.7. The second kappa shape index (κ2) is 5.44. The summed E-state index contributed by atoms with van der Waals surface area (Å²) in [5.74, 6) is -1.11. The number of hydrogen-bond donors (Lipinski definition) is 1. The van der Waals surface area contributed by atoms with Crippen LogP contribution >= 0.6 is 0 Å². The maximum absolute atomic E-state index is 12.7. The van der Waals surface area contributed by atoms with Gasteiger partial charge in [0.2, 0.25) is 0 Å². The van der Waals surface area contributed by atoms with Gasteiger partial charge < -0.3 is 10.5 Å². The van der Waals surface area contributed by atoms with Crippen molar-refractivity contribution < 1.29 is 13.9 Å². The number of hydrogen-bond acceptors (Lipinski definition) is 4. The molecule has 1 atom stereocenters. The fourth-order valence-corrected chi connectivity index (χ4v) is 1.31. The zero-order valence-electron chi connectivity index (χ0n) is 9.37. The number of esters is 1. The van der Waals surface area contributed by atoms with Gasteiger partial charge in [0.1, 0.15) is 5.82 Å². The zero-order valence-corrected chi connectivity index (χ0v) is 9.37. The van der Waals surface area contributed by atoms with Crippen LogP contribution < -0.4 is 5.73 Å². The van der Waals surface area contributed by atoms with Crippen LogP contribution in [0.5, 0.6) is 0 Å². The minimum atomic E-state index is -0.481. The molecule has 0 aliphatic heterocycles. The molecular weight excluding hydrogens is 211 g/mol. The molecule has 5 heteroatoms. The molecule has 0 spiro atoms. The van der Waals surface area contributed by atoms with E-state index < -0.39 is 5.82 Å². The molecule has 1 unspecified atom stereocenters. The number of carbonyl (C=O) groups is 1.